The van der Waals surface area contributed by atoms with Crippen molar-refractivity contribution in [2.24, 2.45) is 0 Å². The van der Waals surface area contributed by atoms with Gasteiger partial charge in [0.15, 0.2) is 5.11 Å². The zero-order chi connectivity index (χ0) is 20.3. The van der Waals surface area contributed by atoms with Crippen molar-refractivity contribution in [2.75, 3.05) is 19.0 Å². The summed E-state index contributed by atoms with van der Waals surface area (Å²) in [5, 5.41) is 8.21. The van der Waals surface area contributed by atoms with Gasteiger partial charge in [-0.2, -0.15) is 0 Å². The lowest BCUT2D eigenvalue weighted by Crippen LogP contribution is -2.40. The van der Waals surface area contributed by atoms with Crippen LogP contribution in [0.1, 0.15) is 31.2 Å². The monoisotopic (exact) mass is 409 g/mol. The highest BCUT2D eigenvalue weighted by Crippen LogP contribution is 2.40. The van der Waals surface area contributed by atoms with Crippen molar-refractivity contribution in [3.05, 3.63) is 66.1 Å². The lowest BCUT2D eigenvalue weighted by Gasteiger charge is -2.30. The quantitative estimate of drug-likeness (QED) is 0.569. The van der Waals surface area contributed by atoms with E-state index in [1.807, 2.05) is 36.4 Å². The number of aromatic nitrogens is 1. The van der Waals surface area contributed by atoms with Crippen LogP contribution in [0, 0.1) is 5.82 Å². The van der Waals surface area contributed by atoms with Gasteiger partial charge in [-0.3, -0.25) is 4.98 Å². The molecule has 1 saturated carbocycles. The third-order valence-corrected chi connectivity index (χ3v) is 6.05. The highest BCUT2D eigenvalue weighted by Gasteiger charge is 2.35. The molecule has 1 heterocycles. The Morgan fingerprint density at radius 3 is 2.62 bits per heavy atom. The number of hydrogen-bond donors (Lipinski definition) is 2. The van der Waals surface area contributed by atoms with E-state index in [2.05, 4.69) is 15.6 Å². The number of benzene rings is 2. The summed E-state index contributed by atoms with van der Waals surface area (Å²) < 4.78 is 18.8. The lowest BCUT2D eigenvalue weighted by atomic mass is 9.79. The van der Waals surface area contributed by atoms with Crippen LogP contribution >= 0.6 is 12.2 Å². The normalized spacial score (nSPS) is 15.2. The van der Waals surface area contributed by atoms with Gasteiger partial charge in [0.1, 0.15) is 17.1 Å². The minimum atomic E-state index is -0.202. The van der Waals surface area contributed by atoms with E-state index in [-0.39, 0.29) is 11.2 Å². The molecule has 0 unspecified atom stereocenters. The number of hydrogen-bond acceptors (Lipinski definition) is 3. The number of ether oxygens (including phenoxy) is 1. The first-order chi connectivity index (χ1) is 14.1. The number of anilines is 1. The molecular weight excluding hydrogens is 385 g/mol. The molecule has 1 aromatic heterocycles. The SMILES string of the molecule is COc1ccc(NC(=S)NCC2(c3ccc(F)cc3)CCCC2)c2cccnc12. The van der Waals surface area contributed by atoms with Crippen molar-refractivity contribution in [2.45, 2.75) is 31.1 Å². The third-order valence-electron chi connectivity index (χ3n) is 5.81. The van der Waals surface area contributed by atoms with Crippen LogP contribution in [0.4, 0.5) is 10.1 Å². The second-order valence-electron chi connectivity index (χ2n) is 7.52. The van der Waals surface area contributed by atoms with Gasteiger partial charge in [0.25, 0.3) is 0 Å². The molecule has 3 aromatic rings. The van der Waals surface area contributed by atoms with Crippen LogP contribution in [0.25, 0.3) is 10.9 Å². The molecule has 4 rings (SSSR count). The molecule has 1 aliphatic carbocycles. The summed E-state index contributed by atoms with van der Waals surface area (Å²) in [5.74, 6) is 0.526. The first-order valence-corrected chi connectivity index (χ1v) is 10.2. The van der Waals surface area contributed by atoms with Crippen LogP contribution < -0.4 is 15.4 Å². The van der Waals surface area contributed by atoms with Crippen molar-refractivity contribution in [1.82, 2.24) is 10.3 Å². The average molecular weight is 410 g/mol. The fraction of sp³-hybridized carbons (Fsp3) is 0.304. The van der Waals surface area contributed by atoms with E-state index in [0.717, 1.165) is 41.7 Å². The fourth-order valence-corrected chi connectivity index (χ4v) is 4.44. The Morgan fingerprint density at radius 1 is 1.14 bits per heavy atom. The van der Waals surface area contributed by atoms with Crippen LogP contribution in [0.2, 0.25) is 0 Å². The Labute approximate surface area is 175 Å². The number of nitrogens with zero attached hydrogens (tertiary/aromatic N) is 1. The van der Waals surface area contributed by atoms with Crippen LogP contribution in [0.15, 0.2) is 54.7 Å². The highest BCUT2D eigenvalue weighted by molar-refractivity contribution is 7.80. The van der Waals surface area contributed by atoms with E-state index in [4.69, 9.17) is 17.0 Å². The van der Waals surface area contributed by atoms with E-state index in [9.17, 15) is 4.39 Å². The maximum atomic E-state index is 13.4. The third kappa shape index (κ3) is 4.03. The molecule has 0 amide bonds. The summed E-state index contributed by atoms with van der Waals surface area (Å²) in [6, 6.07) is 14.6. The Kier molecular flexibility index (Phi) is 5.62. The van der Waals surface area contributed by atoms with Crippen LogP contribution in [0.5, 0.6) is 5.75 Å². The Bertz CT molecular complexity index is 1020. The van der Waals surface area contributed by atoms with Crippen molar-refractivity contribution in [3.63, 3.8) is 0 Å². The van der Waals surface area contributed by atoms with E-state index in [0.29, 0.717) is 5.11 Å². The van der Waals surface area contributed by atoms with E-state index in [1.54, 1.807) is 25.4 Å². The van der Waals surface area contributed by atoms with E-state index in [1.165, 1.54) is 18.4 Å². The maximum Gasteiger partial charge on any atom is 0.170 e. The summed E-state index contributed by atoms with van der Waals surface area (Å²) in [4.78, 5) is 4.43. The Balaban J connectivity index is 1.50. The largest absolute Gasteiger partial charge is 0.494 e. The van der Waals surface area contributed by atoms with Gasteiger partial charge in [0.2, 0.25) is 0 Å². The first kappa shape index (κ1) is 19.6. The maximum absolute atomic E-state index is 13.4. The second kappa shape index (κ2) is 8.33. The molecule has 1 fully saturated rings. The van der Waals surface area contributed by atoms with Crippen molar-refractivity contribution in [1.29, 1.82) is 0 Å². The number of halogens is 1. The van der Waals surface area contributed by atoms with Gasteiger partial charge in [-0.1, -0.05) is 25.0 Å². The minimum Gasteiger partial charge on any atom is -0.494 e. The molecule has 2 aromatic carbocycles. The number of pyridine rings is 1. The van der Waals surface area contributed by atoms with Crippen molar-refractivity contribution >= 4 is 33.9 Å². The molecule has 0 radical (unpaired) electrons. The van der Waals surface area contributed by atoms with Crippen molar-refractivity contribution in [3.8, 4) is 5.75 Å². The number of fused-ring (bicyclic) bond motifs is 1. The average Bonchev–Trinajstić information content (AvgIpc) is 3.23. The molecule has 29 heavy (non-hydrogen) atoms. The predicted molar refractivity (Wildman–Crippen MR) is 119 cm³/mol. The molecular formula is C23H24FN3OS. The van der Waals surface area contributed by atoms with Gasteiger partial charge >= 0.3 is 0 Å². The standard InChI is InChI=1S/C23H24FN3OS/c1-28-20-11-10-19(18-5-4-14-25-21(18)20)27-22(29)26-15-23(12-2-3-13-23)16-6-8-17(24)9-7-16/h4-11,14H,2-3,12-13,15H2,1H3,(H2,26,27,29). The molecule has 1 aliphatic rings. The van der Waals surface area contributed by atoms with E-state index >= 15 is 0 Å². The first-order valence-electron chi connectivity index (χ1n) is 9.84. The molecule has 0 bridgehead atoms. The smallest absolute Gasteiger partial charge is 0.170 e. The lowest BCUT2D eigenvalue weighted by molar-refractivity contribution is 0.419. The number of methoxy groups -OCH3 is 1. The zero-order valence-corrected chi connectivity index (χ0v) is 17.2. The van der Waals surface area contributed by atoms with Gasteiger partial charge in [0.05, 0.1) is 7.11 Å². The van der Waals surface area contributed by atoms with Gasteiger partial charge in [-0.15, -0.1) is 0 Å². The molecule has 0 aliphatic heterocycles. The Morgan fingerprint density at radius 2 is 1.90 bits per heavy atom. The predicted octanol–water partition coefficient (Wildman–Crippen LogP) is 5.18. The molecule has 0 atom stereocenters. The fourth-order valence-electron chi connectivity index (χ4n) is 4.26. The topological polar surface area (TPSA) is 46.2 Å². The molecule has 6 heteroatoms. The van der Waals surface area contributed by atoms with Gasteiger partial charge in [-0.05, 0) is 67.0 Å². The van der Waals surface area contributed by atoms with Crippen LogP contribution in [-0.4, -0.2) is 23.8 Å². The van der Waals surface area contributed by atoms with Crippen LogP contribution in [0.3, 0.4) is 0 Å². The highest BCUT2D eigenvalue weighted by atomic mass is 32.1. The Hall–Kier alpha value is -2.73. The van der Waals surface area contributed by atoms with Crippen LogP contribution in [-0.2, 0) is 5.41 Å². The molecule has 2 N–H and O–H groups in total. The molecule has 0 spiro atoms. The van der Waals surface area contributed by atoms with Gasteiger partial charge in [0, 0.05) is 29.2 Å². The minimum absolute atomic E-state index is 0.0109. The molecule has 0 saturated heterocycles. The second-order valence-corrected chi connectivity index (χ2v) is 7.93. The van der Waals surface area contributed by atoms with Crippen molar-refractivity contribution < 1.29 is 9.13 Å². The number of rotatable bonds is 5. The number of thiocarbonyl (C=S) groups is 1. The molecule has 150 valence electrons. The summed E-state index contributed by atoms with van der Waals surface area (Å²) in [6.07, 6.45) is 6.24. The molecule has 4 nitrogen and oxygen atoms in total. The van der Waals surface area contributed by atoms with Gasteiger partial charge in [-0.25, -0.2) is 4.39 Å². The summed E-state index contributed by atoms with van der Waals surface area (Å²) >= 11 is 5.58. The summed E-state index contributed by atoms with van der Waals surface area (Å²) in [5.41, 5.74) is 2.84. The van der Waals surface area contributed by atoms with E-state index < -0.39 is 0 Å². The summed E-state index contributed by atoms with van der Waals surface area (Å²) in [7, 11) is 1.64. The summed E-state index contributed by atoms with van der Waals surface area (Å²) in [6.45, 7) is 0.719. The van der Waals surface area contributed by atoms with Gasteiger partial charge < -0.3 is 15.4 Å². The number of nitrogens with one attached hydrogen (secondary N) is 2. The zero-order valence-electron chi connectivity index (χ0n) is 16.4.